The number of methoxy groups -OCH3 is 2. The molecular formula is C17H22O5. The molecule has 0 radical (unpaired) electrons. The van der Waals surface area contributed by atoms with Gasteiger partial charge in [0.05, 0.1) is 37.3 Å². The maximum Gasteiger partial charge on any atom is 0.306 e. The molecule has 2 aliphatic rings. The van der Waals surface area contributed by atoms with Gasteiger partial charge >= 0.3 is 5.97 Å². The zero-order valence-corrected chi connectivity index (χ0v) is 13.2. The minimum absolute atomic E-state index is 0.0405. The van der Waals surface area contributed by atoms with Crippen molar-refractivity contribution in [3.8, 4) is 0 Å². The molecule has 0 aromatic heterocycles. The fourth-order valence-electron chi connectivity index (χ4n) is 3.67. The van der Waals surface area contributed by atoms with Crippen molar-refractivity contribution in [1.82, 2.24) is 0 Å². The van der Waals surface area contributed by atoms with Gasteiger partial charge in [-0.05, 0) is 18.9 Å². The number of benzene rings is 1. The van der Waals surface area contributed by atoms with Gasteiger partial charge in [0.15, 0.2) is 6.29 Å². The van der Waals surface area contributed by atoms with Crippen LogP contribution in [0.2, 0.25) is 0 Å². The number of esters is 1. The highest BCUT2D eigenvalue weighted by Gasteiger charge is 2.61. The first-order valence-electron chi connectivity index (χ1n) is 7.56. The Kier molecular flexibility index (Phi) is 4.21. The van der Waals surface area contributed by atoms with Gasteiger partial charge in [-0.25, -0.2) is 0 Å². The summed E-state index contributed by atoms with van der Waals surface area (Å²) in [4.78, 5) is 12.0. The van der Waals surface area contributed by atoms with Gasteiger partial charge in [-0.2, -0.15) is 0 Å². The van der Waals surface area contributed by atoms with Crippen LogP contribution in [0, 0.1) is 5.41 Å². The lowest BCUT2D eigenvalue weighted by Gasteiger charge is -2.42. The number of hydrogen-bond donors (Lipinski definition) is 0. The summed E-state index contributed by atoms with van der Waals surface area (Å²) in [6.45, 7) is 1.98. The van der Waals surface area contributed by atoms with Crippen LogP contribution >= 0.6 is 0 Å². The lowest BCUT2D eigenvalue weighted by Crippen LogP contribution is -2.48. The van der Waals surface area contributed by atoms with Crippen molar-refractivity contribution in [3.05, 3.63) is 35.9 Å². The topological polar surface area (TPSA) is 54.0 Å². The van der Waals surface area contributed by atoms with E-state index in [2.05, 4.69) is 0 Å². The van der Waals surface area contributed by atoms with Crippen LogP contribution in [0.5, 0.6) is 0 Å². The van der Waals surface area contributed by atoms with Crippen LogP contribution in [0.3, 0.4) is 0 Å². The Morgan fingerprint density at radius 3 is 2.64 bits per heavy atom. The van der Waals surface area contributed by atoms with Crippen molar-refractivity contribution in [3.63, 3.8) is 0 Å². The standard InChI is InChI=1S/C17H22O5/c1-11-13-9-17(10-14(18)19-2,16(20-3)21-11)15(22-13)12-7-5-4-6-8-12/h4-8,11,13,15-16H,9-10H2,1-3H3/t11-,13+,15-,16-,17-/m1/s1. The fourth-order valence-corrected chi connectivity index (χ4v) is 3.67. The molecule has 2 fully saturated rings. The smallest absolute Gasteiger partial charge is 0.306 e. The first kappa shape index (κ1) is 15.5. The first-order chi connectivity index (χ1) is 10.6. The molecule has 0 spiro atoms. The van der Waals surface area contributed by atoms with E-state index in [0.717, 1.165) is 12.0 Å². The van der Waals surface area contributed by atoms with Crippen LogP contribution in [0.15, 0.2) is 30.3 Å². The van der Waals surface area contributed by atoms with Gasteiger partial charge in [-0.15, -0.1) is 0 Å². The molecule has 2 bridgehead atoms. The molecule has 3 rings (SSSR count). The van der Waals surface area contributed by atoms with Crippen molar-refractivity contribution in [2.24, 2.45) is 5.41 Å². The van der Waals surface area contributed by atoms with Crippen LogP contribution < -0.4 is 0 Å². The Morgan fingerprint density at radius 2 is 2.00 bits per heavy atom. The van der Waals surface area contributed by atoms with Crippen LogP contribution in [-0.4, -0.2) is 38.7 Å². The molecule has 2 aliphatic heterocycles. The maximum absolute atomic E-state index is 12.0. The SMILES string of the molecule is COC(=O)C[C@]12C[C@H](O[C@@H]1c1ccccc1)[C@@H](C)O[C@H]2OC. The average molecular weight is 306 g/mol. The van der Waals surface area contributed by atoms with Gasteiger partial charge in [0, 0.05) is 7.11 Å². The number of rotatable bonds is 4. The van der Waals surface area contributed by atoms with E-state index in [1.165, 1.54) is 7.11 Å². The molecule has 5 atom stereocenters. The molecule has 1 aromatic rings. The van der Waals surface area contributed by atoms with Crippen LogP contribution in [-0.2, 0) is 23.7 Å². The highest BCUT2D eigenvalue weighted by molar-refractivity contribution is 5.70. The Hall–Kier alpha value is -1.43. The molecule has 0 aliphatic carbocycles. The summed E-state index contributed by atoms with van der Waals surface area (Å²) < 4.78 is 22.7. The van der Waals surface area contributed by atoms with Crippen molar-refractivity contribution in [2.45, 2.75) is 44.4 Å². The van der Waals surface area contributed by atoms with Gasteiger partial charge in [-0.3, -0.25) is 4.79 Å². The maximum atomic E-state index is 12.0. The van der Waals surface area contributed by atoms with Crippen molar-refractivity contribution in [2.75, 3.05) is 14.2 Å². The summed E-state index contributed by atoms with van der Waals surface area (Å²) in [5.74, 6) is -0.273. The highest BCUT2D eigenvalue weighted by Crippen LogP contribution is 2.57. The van der Waals surface area contributed by atoms with E-state index in [9.17, 15) is 4.79 Å². The van der Waals surface area contributed by atoms with Crippen molar-refractivity contribution >= 4 is 5.97 Å². The zero-order valence-electron chi connectivity index (χ0n) is 13.2. The Bertz CT molecular complexity index is 531. The molecule has 22 heavy (non-hydrogen) atoms. The molecule has 2 heterocycles. The third kappa shape index (κ3) is 2.43. The van der Waals surface area contributed by atoms with Crippen LogP contribution in [0.25, 0.3) is 0 Å². The van der Waals surface area contributed by atoms with Crippen LogP contribution in [0.1, 0.15) is 31.4 Å². The van der Waals surface area contributed by atoms with Gasteiger partial charge in [0.2, 0.25) is 0 Å². The van der Waals surface area contributed by atoms with E-state index in [4.69, 9.17) is 18.9 Å². The van der Waals surface area contributed by atoms with Crippen molar-refractivity contribution < 1.29 is 23.7 Å². The first-order valence-corrected chi connectivity index (χ1v) is 7.56. The molecule has 0 unspecified atom stereocenters. The molecular weight excluding hydrogens is 284 g/mol. The molecule has 0 amide bonds. The van der Waals surface area contributed by atoms with E-state index in [1.807, 2.05) is 37.3 Å². The number of carbonyl (C=O) groups is 1. The minimum Gasteiger partial charge on any atom is -0.469 e. The number of fused-ring (bicyclic) bond motifs is 2. The second-order valence-corrected chi connectivity index (χ2v) is 6.06. The summed E-state index contributed by atoms with van der Waals surface area (Å²) in [5, 5.41) is 0. The van der Waals surface area contributed by atoms with E-state index >= 15 is 0 Å². The molecule has 5 heteroatoms. The molecule has 0 saturated carbocycles. The largest absolute Gasteiger partial charge is 0.469 e. The predicted octanol–water partition coefficient (Wildman–Crippen LogP) is 2.46. The molecule has 0 N–H and O–H groups in total. The van der Waals surface area contributed by atoms with Gasteiger partial charge in [-0.1, -0.05) is 30.3 Å². The fraction of sp³-hybridized carbons (Fsp3) is 0.588. The van der Waals surface area contributed by atoms with Gasteiger partial charge in [0.1, 0.15) is 0 Å². The van der Waals surface area contributed by atoms with E-state index in [-0.39, 0.29) is 30.7 Å². The minimum atomic E-state index is -0.555. The van der Waals surface area contributed by atoms with Gasteiger partial charge < -0.3 is 18.9 Å². The highest BCUT2D eigenvalue weighted by atomic mass is 16.7. The lowest BCUT2D eigenvalue weighted by molar-refractivity contribution is -0.239. The Morgan fingerprint density at radius 1 is 1.27 bits per heavy atom. The zero-order chi connectivity index (χ0) is 15.7. The second kappa shape index (κ2) is 5.99. The second-order valence-electron chi connectivity index (χ2n) is 6.06. The van der Waals surface area contributed by atoms with Crippen LogP contribution in [0.4, 0.5) is 0 Å². The van der Waals surface area contributed by atoms with Crippen molar-refractivity contribution in [1.29, 1.82) is 0 Å². The molecule has 2 saturated heterocycles. The van der Waals surface area contributed by atoms with E-state index in [0.29, 0.717) is 0 Å². The molecule has 1 aromatic carbocycles. The quantitative estimate of drug-likeness (QED) is 0.800. The third-order valence-corrected chi connectivity index (χ3v) is 4.76. The number of hydrogen-bond acceptors (Lipinski definition) is 5. The lowest BCUT2D eigenvalue weighted by atomic mass is 9.72. The predicted molar refractivity (Wildman–Crippen MR) is 79.1 cm³/mol. The monoisotopic (exact) mass is 306 g/mol. The summed E-state index contributed by atoms with van der Waals surface area (Å²) >= 11 is 0. The molecule has 120 valence electrons. The summed E-state index contributed by atoms with van der Waals surface area (Å²) in [5.41, 5.74) is 0.481. The number of ether oxygens (including phenoxy) is 4. The summed E-state index contributed by atoms with van der Waals surface area (Å²) in [6, 6.07) is 9.94. The summed E-state index contributed by atoms with van der Waals surface area (Å²) in [7, 11) is 3.01. The third-order valence-electron chi connectivity index (χ3n) is 4.76. The normalized spacial score (nSPS) is 37.0. The van der Waals surface area contributed by atoms with E-state index < -0.39 is 11.7 Å². The Balaban J connectivity index is 2.01. The Labute approximate surface area is 130 Å². The van der Waals surface area contributed by atoms with E-state index in [1.54, 1.807) is 7.11 Å². The van der Waals surface area contributed by atoms with Gasteiger partial charge in [0.25, 0.3) is 0 Å². The molecule has 5 nitrogen and oxygen atoms in total. The average Bonchev–Trinajstić information content (AvgIpc) is 2.88. The number of carbonyl (C=O) groups excluding carboxylic acids is 1. The summed E-state index contributed by atoms with van der Waals surface area (Å²) in [6.07, 6.45) is 0.0931.